The van der Waals surface area contributed by atoms with Gasteiger partial charge in [0.1, 0.15) is 0 Å². The first-order valence-electron chi connectivity index (χ1n) is 8.13. The Bertz CT molecular complexity index is 927. The Morgan fingerprint density at radius 1 is 1.08 bits per heavy atom. The minimum Gasteiger partial charge on any atom is -0.361 e. The maximum absolute atomic E-state index is 12.5. The highest BCUT2D eigenvalue weighted by molar-refractivity contribution is 7.89. The molecule has 2 aromatic carbocycles. The zero-order valence-corrected chi connectivity index (χ0v) is 14.7. The van der Waals surface area contributed by atoms with Crippen LogP contribution in [0, 0.1) is 6.92 Å². The first-order chi connectivity index (χ1) is 11.5. The summed E-state index contributed by atoms with van der Waals surface area (Å²) in [5, 5.41) is 1.15. The number of fused-ring (bicyclic) bond motifs is 1. The van der Waals surface area contributed by atoms with E-state index in [1.165, 1.54) is 0 Å². The molecule has 0 aliphatic rings. The van der Waals surface area contributed by atoms with Gasteiger partial charge >= 0.3 is 0 Å². The second kappa shape index (κ2) is 6.79. The summed E-state index contributed by atoms with van der Waals surface area (Å²) in [5.41, 5.74) is 3.28. The first kappa shape index (κ1) is 16.7. The largest absolute Gasteiger partial charge is 0.361 e. The summed E-state index contributed by atoms with van der Waals surface area (Å²) in [6, 6.07) is 15.2. The van der Waals surface area contributed by atoms with Crippen LogP contribution >= 0.6 is 0 Å². The van der Waals surface area contributed by atoms with Crippen LogP contribution in [0.1, 0.15) is 30.4 Å². The lowest BCUT2D eigenvalue weighted by Crippen LogP contribution is -2.28. The third-order valence-corrected chi connectivity index (χ3v) is 5.83. The number of hydrogen-bond acceptors (Lipinski definition) is 2. The zero-order chi connectivity index (χ0) is 17.2. The van der Waals surface area contributed by atoms with Crippen LogP contribution in [0.25, 0.3) is 10.9 Å². The van der Waals surface area contributed by atoms with Crippen molar-refractivity contribution in [2.75, 3.05) is 6.54 Å². The van der Waals surface area contributed by atoms with Crippen molar-refractivity contribution in [1.29, 1.82) is 0 Å². The number of aromatic nitrogens is 1. The molecule has 0 fully saturated rings. The van der Waals surface area contributed by atoms with E-state index in [1.807, 2.05) is 37.4 Å². The summed E-state index contributed by atoms with van der Waals surface area (Å²) >= 11 is 0. The van der Waals surface area contributed by atoms with Crippen molar-refractivity contribution in [2.24, 2.45) is 0 Å². The quantitative estimate of drug-likeness (QED) is 0.712. The van der Waals surface area contributed by atoms with Crippen LogP contribution in [0.3, 0.4) is 0 Å². The smallest absolute Gasteiger partial charge is 0.240 e. The zero-order valence-electron chi connectivity index (χ0n) is 13.9. The molecule has 0 aliphatic carbocycles. The van der Waals surface area contributed by atoms with E-state index in [1.54, 1.807) is 12.1 Å². The lowest BCUT2D eigenvalue weighted by Gasteiger charge is -2.17. The predicted molar refractivity (Wildman–Crippen MR) is 97.7 cm³/mol. The van der Waals surface area contributed by atoms with Gasteiger partial charge in [-0.1, -0.05) is 30.7 Å². The van der Waals surface area contributed by atoms with Gasteiger partial charge in [-0.25, -0.2) is 13.1 Å². The molecule has 2 N–H and O–H groups in total. The first-order valence-corrected chi connectivity index (χ1v) is 9.61. The summed E-state index contributed by atoms with van der Waals surface area (Å²) in [4.78, 5) is 3.48. The molecule has 0 radical (unpaired) electrons. The summed E-state index contributed by atoms with van der Waals surface area (Å²) in [5.74, 6) is 0.143. The van der Waals surface area contributed by atoms with Gasteiger partial charge in [0, 0.05) is 18.3 Å². The highest BCUT2D eigenvalue weighted by Gasteiger charge is 2.17. The van der Waals surface area contributed by atoms with Crippen LogP contribution in [0.5, 0.6) is 0 Å². The normalized spacial score (nSPS) is 13.2. The molecule has 0 spiro atoms. The molecule has 126 valence electrons. The molecule has 1 unspecified atom stereocenters. The van der Waals surface area contributed by atoms with Gasteiger partial charge in [0.2, 0.25) is 10.0 Å². The van der Waals surface area contributed by atoms with Gasteiger partial charge in [-0.2, -0.15) is 0 Å². The van der Waals surface area contributed by atoms with Gasteiger partial charge in [0.15, 0.2) is 0 Å². The Hall–Kier alpha value is -2.11. The average Bonchev–Trinajstić information content (AvgIpc) is 3.03. The molecule has 0 saturated heterocycles. The second-order valence-electron chi connectivity index (χ2n) is 6.09. The van der Waals surface area contributed by atoms with Crippen LogP contribution in [0.15, 0.2) is 59.6 Å². The van der Waals surface area contributed by atoms with Crippen molar-refractivity contribution in [3.8, 4) is 0 Å². The number of aryl methyl sites for hydroxylation is 1. The Labute approximate surface area is 143 Å². The van der Waals surface area contributed by atoms with E-state index >= 15 is 0 Å². The van der Waals surface area contributed by atoms with E-state index in [4.69, 9.17) is 0 Å². The highest BCUT2D eigenvalue weighted by atomic mass is 32.2. The van der Waals surface area contributed by atoms with Crippen molar-refractivity contribution in [3.05, 3.63) is 65.9 Å². The SMILES string of the molecule is CCC(CNS(=O)(=O)c1ccc(C)cc1)c1ccc2[nH]ccc2c1. The minimum atomic E-state index is -3.48. The lowest BCUT2D eigenvalue weighted by molar-refractivity contribution is 0.566. The number of H-pyrrole nitrogens is 1. The van der Waals surface area contributed by atoms with E-state index in [9.17, 15) is 8.42 Å². The molecule has 24 heavy (non-hydrogen) atoms. The maximum atomic E-state index is 12.5. The summed E-state index contributed by atoms with van der Waals surface area (Å²) in [7, 11) is -3.48. The van der Waals surface area contributed by atoms with Crippen LogP contribution in [-0.4, -0.2) is 19.9 Å². The van der Waals surface area contributed by atoms with Crippen LogP contribution in [0.4, 0.5) is 0 Å². The van der Waals surface area contributed by atoms with Gasteiger partial charge in [-0.05, 0) is 60.5 Å². The molecule has 0 aliphatic heterocycles. The van der Waals surface area contributed by atoms with E-state index in [-0.39, 0.29) is 5.92 Å². The molecule has 5 heteroatoms. The molecule has 1 aromatic heterocycles. The molecule has 1 heterocycles. The maximum Gasteiger partial charge on any atom is 0.240 e. The highest BCUT2D eigenvalue weighted by Crippen LogP contribution is 2.24. The van der Waals surface area contributed by atoms with Crippen molar-refractivity contribution >= 4 is 20.9 Å². The molecule has 0 amide bonds. The standard InChI is InChI=1S/C19H22N2O2S/c1-3-15(16-6-9-19-17(12-16)10-11-20-19)13-21-24(22,23)18-7-4-14(2)5-8-18/h4-12,15,20-21H,3,13H2,1-2H3. The molecule has 4 nitrogen and oxygen atoms in total. The molecule has 0 saturated carbocycles. The van der Waals surface area contributed by atoms with E-state index in [0.29, 0.717) is 11.4 Å². The molecule has 3 rings (SSSR count). The Balaban J connectivity index is 1.76. The fraction of sp³-hybridized carbons (Fsp3) is 0.263. The molecular weight excluding hydrogens is 320 g/mol. The number of nitrogens with one attached hydrogen (secondary N) is 2. The molecule has 1 atom stereocenters. The average molecular weight is 342 g/mol. The molecule has 0 bridgehead atoms. The Morgan fingerprint density at radius 3 is 2.54 bits per heavy atom. The van der Waals surface area contributed by atoms with Crippen molar-refractivity contribution in [1.82, 2.24) is 9.71 Å². The van der Waals surface area contributed by atoms with Gasteiger partial charge in [-0.3, -0.25) is 0 Å². The van der Waals surface area contributed by atoms with Crippen LogP contribution in [-0.2, 0) is 10.0 Å². The fourth-order valence-electron chi connectivity index (χ4n) is 2.83. The van der Waals surface area contributed by atoms with E-state index in [2.05, 4.69) is 28.8 Å². The summed E-state index contributed by atoms with van der Waals surface area (Å²) in [6.45, 7) is 4.41. The van der Waals surface area contributed by atoms with Gasteiger partial charge < -0.3 is 4.98 Å². The van der Waals surface area contributed by atoms with Gasteiger partial charge in [0.05, 0.1) is 4.90 Å². The fourth-order valence-corrected chi connectivity index (χ4v) is 3.92. The third-order valence-electron chi connectivity index (χ3n) is 4.39. The Kier molecular flexibility index (Phi) is 4.73. The number of aromatic amines is 1. The minimum absolute atomic E-state index is 0.143. The lowest BCUT2D eigenvalue weighted by atomic mass is 9.96. The van der Waals surface area contributed by atoms with E-state index in [0.717, 1.165) is 28.5 Å². The number of sulfonamides is 1. The monoisotopic (exact) mass is 342 g/mol. The van der Waals surface area contributed by atoms with Gasteiger partial charge in [0.25, 0.3) is 0 Å². The summed E-state index contributed by atoms with van der Waals surface area (Å²) in [6.07, 6.45) is 2.78. The Morgan fingerprint density at radius 2 is 1.83 bits per heavy atom. The van der Waals surface area contributed by atoms with Crippen molar-refractivity contribution in [2.45, 2.75) is 31.1 Å². The summed E-state index contributed by atoms with van der Waals surface area (Å²) < 4.78 is 27.7. The van der Waals surface area contributed by atoms with Crippen molar-refractivity contribution < 1.29 is 8.42 Å². The topological polar surface area (TPSA) is 62.0 Å². The van der Waals surface area contributed by atoms with E-state index < -0.39 is 10.0 Å². The van der Waals surface area contributed by atoms with Crippen LogP contribution < -0.4 is 4.72 Å². The number of benzene rings is 2. The number of hydrogen-bond donors (Lipinski definition) is 2. The second-order valence-corrected chi connectivity index (χ2v) is 7.86. The molecular formula is C19H22N2O2S. The van der Waals surface area contributed by atoms with Crippen LogP contribution in [0.2, 0.25) is 0 Å². The van der Waals surface area contributed by atoms with Gasteiger partial charge in [-0.15, -0.1) is 0 Å². The predicted octanol–water partition coefficient (Wildman–Crippen LogP) is 3.95. The third kappa shape index (κ3) is 3.52. The number of rotatable bonds is 6. The molecule has 3 aromatic rings. The van der Waals surface area contributed by atoms with Crippen molar-refractivity contribution in [3.63, 3.8) is 0 Å².